The van der Waals surface area contributed by atoms with Crippen molar-refractivity contribution in [2.45, 2.75) is 12.1 Å². The molecule has 0 N–H and O–H groups in total. The van der Waals surface area contributed by atoms with E-state index >= 15 is 0 Å². The highest BCUT2D eigenvalue weighted by molar-refractivity contribution is 6.10. The third kappa shape index (κ3) is 1.40. The van der Waals surface area contributed by atoms with Gasteiger partial charge in [-0.25, -0.2) is 4.39 Å². The molecule has 84 valence electrons. The summed E-state index contributed by atoms with van der Waals surface area (Å²) in [5.41, 5.74) is 0.109. The normalized spacial score (nSPS) is 24.1. The third-order valence-electron chi connectivity index (χ3n) is 2.59. The summed E-state index contributed by atoms with van der Waals surface area (Å²) in [5, 5.41) is 0. The van der Waals surface area contributed by atoms with Crippen molar-refractivity contribution in [3.63, 3.8) is 0 Å². The van der Waals surface area contributed by atoms with E-state index in [0.717, 1.165) is 4.90 Å². The van der Waals surface area contributed by atoms with Crippen molar-refractivity contribution in [1.29, 1.82) is 0 Å². The number of benzene rings is 1. The summed E-state index contributed by atoms with van der Waals surface area (Å²) >= 11 is 0. The second-order valence-corrected chi connectivity index (χ2v) is 3.44. The number of aldehydes is 1. The van der Waals surface area contributed by atoms with Crippen molar-refractivity contribution in [3.05, 3.63) is 30.1 Å². The van der Waals surface area contributed by atoms with Crippen LogP contribution in [-0.4, -0.2) is 31.4 Å². The molecular weight excluding hydrogens is 213 g/mol. The third-order valence-corrected chi connectivity index (χ3v) is 2.59. The number of halogens is 1. The van der Waals surface area contributed by atoms with Crippen molar-refractivity contribution in [1.82, 2.24) is 0 Å². The Morgan fingerprint density at radius 2 is 2.12 bits per heavy atom. The van der Waals surface area contributed by atoms with Crippen LogP contribution < -0.4 is 4.90 Å². The largest absolute Gasteiger partial charge is 0.369 e. The Bertz CT molecular complexity index is 435. The number of β-lactam (4-membered cyclic amide) rings is 1. The molecule has 0 radical (unpaired) electrons. The molecule has 0 bridgehead atoms. The summed E-state index contributed by atoms with van der Waals surface area (Å²) in [7, 11) is 1.34. The Kier molecular flexibility index (Phi) is 2.70. The fraction of sp³-hybridized carbons (Fsp3) is 0.273. The van der Waals surface area contributed by atoms with Gasteiger partial charge in [0.1, 0.15) is 18.1 Å². The maximum atomic E-state index is 13.4. The van der Waals surface area contributed by atoms with E-state index in [2.05, 4.69) is 0 Å². The molecule has 1 aliphatic heterocycles. The van der Waals surface area contributed by atoms with Crippen molar-refractivity contribution in [3.8, 4) is 0 Å². The van der Waals surface area contributed by atoms with Gasteiger partial charge in [0.15, 0.2) is 6.10 Å². The summed E-state index contributed by atoms with van der Waals surface area (Å²) in [6.45, 7) is 0. The highest BCUT2D eigenvalue weighted by atomic mass is 19.1. The average Bonchev–Trinajstić information content (AvgIpc) is 2.29. The number of methoxy groups -OCH3 is 1. The van der Waals surface area contributed by atoms with Gasteiger partial charge in [-0.15, -0.1) is 0 Å². The highest BCUT2D eigenvalue weighted by Crippen LogP contribution is 2.30. The minimum absolute atomic E-state index is 0.109. The molecule has 0 spiro atoms. The minimum Gasteiger partial charge on any atom is -0.369 e. The number of hydrogen-bond acceptors (Lipinski definition) is 3. The quantitative estimate of drug-likeness (QED) is 0.561. The van der Waals surface area contributed by atoms with Crippen molar-refractivity contribution in [2.24, 2.45) is 0 Å². The lowest BCUT2D eigenvalue weighted by Crippen LogP contribution is -2.66. The molecule has 2 rings (SSSR count). The minimum atomic E-state index is -0.794. The molecule has 1 aromatic carbocycles. The smallest absolute Gasteiger partial charge is 0.259 e. The first-order valence-corrected chi connectivity index (χ1v) is 4.76. The number of ether oxygens (including phenoxy) is 1. The zero-order chi connectivity index (χ0) is 11.7. The van der Waals surface area contributed by atoms with Crippen LogP contribution in [0.15, 0.2) is 24.3 Å². The monoisotopic (exact) mass is 223 g/mol. The molecule has 1 heterocycles. The lowest BCUT2D eigenvalue weighted by molar-refractivity contribution is -0.142. The molecule has 1 amide bonds. The van der Waals surface area contributed by atoms with Gasteiger partial charge in [0.05, 0.1) is 5.69 Å². The van der Waals surface area contributed by atoms with Crippen LogP contribution in [-0.2, 0) is 14.3 Å². The van der Waals surface area contributed by atoms with E-state index in [9.17, 15) is 14.0 Å². The Balaban J connectivity index is 2.33. The van der Waals surface area contributed by atoms with Crippen LogP contribution in [0.3, 0.4) is 0 Å². The van der Waals surface area contributed by atoms with E-state index in [1.807, 2.05) is 0 Å². The first-order chi connectivity index (χ1) is 7.70. The number of para-hydroxylation sites is 1. The van der Waals surface area contributed by atoms with E-state index in [1.165, 1.54) is 25.3 Å². The Hall–Kier alpha value is -1.75. The molecule has 2 atom stereocenters. The molecule has 1 aromatic rings. The predicted octanol–water partition coefficient (Wildman–Crippen LogP) is 0.755. The average molecular weight is 223 g/mol. The van der Waals surface area contributed by atoms with Crippen molar-refractivity contribution < 1.29 is 18.7 Å². The molecule has 4 nitrogen and oxygen atoms in total. The number of anilines is 1. The first-order valence-electron chi connectivity index (χ1n) is 4.76. The Morgan fingerprint density at radius 3 is 2.69 bits per heavy atom. The van der Waals surface area contributed by atoms with Gasteiger partial charge < -0.3 is 9.53 Å². The molecule has 5 heteroatoms. The van der Waals surface area contributed by atoms with Crippen molar-refractivity contribution >= 4 is 17.9 Å². The van der Waals surface area contributed by atoms with Crippen LogP contribution in [0, 0.1) is 5.82 Å². The number of nitrogens with zero attached hydrogens (tertiary/aromatic N) is 1. The van der Waals surface area contributed by atoms with Gasteiger partial charge >= 0.3 is 0 Å². The second kappa shape index (κ2) is 4.02. The van der Waals surface area contributed by atoms with E-state index in [-0.39, 0.29) is 5.69 Å². The lowest BCUT2D eigenvalue weighted by Gasteiger charge is -2.42. The Morgan fingerprint density at radius 1 is 1.44 bits per heavy atom. The maximum Gasteiger partial charge on any atom is 0.259 e. The SMILES string of the molecule is COC1C(=O)N(c2ccccc2F)C1C=O. The molecule has 0 aliphatic carbocycles. The van der Waals surface area contributed by atoms with Gasteiger partial charge in [-0.05, 0) is 12.1 Å². The van der Waals surface area contributed by atoms with E-state index < -0.39 is 23.9 Å². The fourth-order valence-corrected chi connectivity index (χ4v) is 1.78. The van der Waals surface area contributed by atoms with Gasteiger partial charge in [-0.2, -0.15) is 0 Å². The summed E-state index contributed by atoms with van der Waals surface area (Å²) in [4.78, 5) is 23.5. The summed E-state index contributed by atoms with van der Waals surface area (Å²) in [6.07, 6.45) is -0.209. The number of rotatable bonds is 3. The van der Waals surface area contributed by atoms with E-state index in [1.54, 1.807) is 6.07 Å². The van der Waals surface area contributed by atoms with Gasteiger partial charge in [0.2, 0.25) is 0 Å². The topological polar surface area (TPSA) is 46.6 Å². The zero-order valence-electron chi connectivity index (χ0n) is 8.59. The van der Waals surface area contributed by atoms with Crippen LogP contribution in [0.4, 0.5) is 10.1 Å². The van der Waals surface area contributed by atoms with E-state index in [4.69, 9.17) is 4.74 Å². The molecule has 16 heavy (non-hydrogen) atoms. The van der Waals surface area contributed by atoms with Crippen LogP contribution in [0.5, 0.6) is 0 Å². The summed E-state index contributed by atoms with van der Waals surface area (Å²) in [5.74, 6) is -0.929. The molecule has 1 fully saturated rings. The van der Waals surface area contributed by atoms with Crippen LogP contribution in [0.1, 0.15) is 0 Å². The fourth-order valence-electron chi connectivity index (χ4n) is 1.78. The standard InChI is InChI=1S/C11H10FNO3/c1-16-10-9(6-14)13(11(10)15)8-5-3-2-4-7(8)12/h2-6,9-10H,1H3. The second-order valence-electron chi connectivity index (χ2n) is 3.44. The van der Waals surface area contributed by atoms with E-state index in [0.29, 0.717) is 6.29 Å². The number of amides is 1. The number of carbonyl (C=O) groups is 2. The maximum absolute atomic E-state index is 13.4. The predicted molar refractivity (Wildman–Crippen MR) is 54.5 cm³/mol. The van der Waals surface area contributed by atoms with Crippen LogP contribution in [0.2, 0.25) is 0 Å². The van der Waals surface area contributed by atoms with Gasteiger partial charge in [0, 0.05) is 7.11 Å². The zero-order valence-corrected chi connectivity index (χ0v) is 8.59. The van der Waals surface area contributed by atoms with Crippen LogP contribution >= 0.6 is 0 Å². The first kappa shape index (κ1) is 10.8. The molecule has 2 unspecified atom stereocenters. The highest BCUT2D eigenvalue weighted by Gasteiger charge is 2.49. The lowest BCUT2D eigenvalue weighted by atomic mass is 9.98. The van der Waals surface area contributed by atoms with Gasteiger partial charge in [-0.3, -0.25) is 9.69 Å². The molecule has 1 aliphatic rings. The van der Waals surface area contributed by atoms with Crippen LogP contribution in [0.25, 0.3) is 0 Å². The van der Waals surface area contributed by atoms with Gasteiger partial charge in [0.25, 0.3) is 5.91 Å². The molecule has 0 saturated carbocycles. The summed E-state index contributed by atoms with van der Waals surface area (Å²) in [6, 6.07) is 5.08. The molecular formula is C11H10FNO3. The number of hydrogen-bond donors (Lipinski definition) is 0. The van der Waals surface area contributed by atoms with Gasteiger partial charge in [-0.1, -0.05) is 12.1 Å². The molecule has 1 saturated heterocycles. The summed E-state index contributed by atoms with van der Waals surface area (Å²) < 4.78 is 18.3. The van der Waals surface area contributed by atoms with Crippen molar-refractivity contribution in [2.75, 3.05) is 12.0 Å². The number of carbonyl (C=O) groups excluding carboxylic acids is 2. The molecule has 0 aromatic heterocycles. The Labute approximate surface area is 91.6 Å².